The number of hydrogen-bond donors (Lipinski definition) is 1. The zero-order valence-corrected chi connectivity index (χ0v) is 10.3. The molecule has 15 heavy (non-hydrogen) atoms. The van der Waals surface area contributed by atoms with E-state index in [-0.39, 0.29) is 0 Å². The smallest absolute Gasteiger partial charge is 0.138 e. The summed E-state index contributed by atoms with van der Waals surface area (Å²) in [6, 6.07) is 5.82. The largest absolute Gasteiger partial charge is 0.492 e. The maximum atomic E-state index is 6.02. The number of benzene rings is 1. The number of ether oxygens (including phenoxy) is 1. The molecule has 0 aliphatic rings. The second-order valence-corrected chi connectivity index (χ2v) is 4.31. The van der Waals surface area contributed by atoms with Crippen LogP contribution in [0.25, 0.3) is 0 Å². The average Bonchev–Trinajstić information content (AvgIpc) is 2.20. The van der Waals surface area contributed by atoms with E-state index < -0.39 is 0 Å². The number of hydrogen-bond acceptors (Lipinski definition) is 2. The van der Waals surface area contributed by atoms with Crippen molar-refractivity contribution in [1.82, 2.24) is 5.32 Å². The summed E-state index contributed by atoms with van der Waals surface area (Å²) in [5, 5.41) is 3.79. The fourth-order valence-electron chi connectivity index (χ4n) is 1.36. The Kier molecular flexibility index (Phi) is 4.92. The van der Waals surface area contributed by atoms with Gasteiger partial charge in [-0.25, -0.2) is 0 Å². The van der Waals surface area contributed by atoms with Gasteiger partial charge in [0.15, 0.2) is 0 Å². The molecule has 1 atom stereocenters. The van der Waals surface area contributed by atoms with Gasteiger partial charge in [0, 0.05) is 12.5 Å². The first kappa shape index (κ1) is 12.3. The molecule has 0 bridgehead atoms. The summed E-state index contributed by atoms with van der Waals surface area (Å²) in [7, 11) is 1.94. The third kappa shape index (κ3) is 4.10. The molecule has 0 amide bonds. The Balaban J connectivity index is 2.53. The van der Waals surface area contributed by atoms with E-state index >= 15 is 0 Å². The third-order valence-electron chi connectivity index (χ3n) is 2.16. The standard InChI is InChI=1S/C12H18ClNO/c1-9-4-5-11(13)12(6-9)15-8-10(2)7-14-3/h4-6,10,14H,7-8H2,1-3H3. The van der Waals surface area contributed by atoms with Gasteiger partial charge in [-0.2, -0.15) is 0 Å². The van der Waals surface area contributed by atoms with Gasteiger partial charge < -0.3 is 10.1 Å². The fraction of sp³-hybridized carbons (Fsp3) is 0.500. The Morgan fingerprint density at radius 1 is 1.47 bits per heavy atom. The third-order valence-corrected chi connectivity index (χ3v) is 2.47. The second-order valence-electron chi connectivity index (χ2n) is 3.91. The van der Waals surface area contributed by atoms with Gasteiger partial charge in [-0.3, -0.25) is 0 Å². The summed E-state index contributed by atoms with van der Waals surface area (Å²) in [5.41, 5.74) is 1.16. The maximum absolute atomic E-state index is 6.02. The van der Waals surface area contributed by atoms with Crippen LogP contribution >= 0.6 is 11.6 Å². The predicted octanol–water partition coefficient (Wildman–Crippen LogP) is 2.88. The van der Waals surface area contributed by atoms with Crippen LogP contribution in [0, 0.1) is 12.8 Å². The zero-order valence-electron chi connectivity index (χ0n) is 9.51. The van der Waals surface area contributed by atoms with Crippen LogP contribution in [-0.4, -0.2) is 20.2 Å². The van der Waals surface area contributed by atoms with Crippen molar-refractivity contribution in [3.8, 4) is 5.75 Å². The first-order valence-corrected chi connectivity index (χ1v) is 5.55. The van der Waals surface area contributed by atoms with Gasteiger partial charge in [-0.15, -0.1) is 0 Å². The van der Waals surface area contributed by atoms with E-state index in [4.69, 9.17) is 16.3 Å². The maximum Gasteiger partial charge on any atom is 0.138 e. The highest BCUT2D eigenvalue weighted by molar-refractivity contribution is 6.32. The molecule has 0 radical (unpaired) electrons. The minimum Gasteiger partial charge on any atom is -0.492 e. The Hall–Kier alpha value is -0.730. The van der Waals surface area contributed by atoms with Crippen molar-refractivity contribution in [2.45, 2.75) is 13.8 Å². The highest BCUT2D eigenvalue weighted by Crippen LogP contribution is 2.25. The van der Waals surface area contributed by atoms with Gasteiger partial charge in [0.1, 0.15) is 5.75 Å². The lowest BCUT2D eigenvalue weighted by Gasteiger charge is -2.13. The van der Waals surface area contributed by atoms with Gasteiger partial charge in [-0.05, 0) is 31.7 Å². The van der Waals surface area contributed by atoms with Crippen molar-refractivity contribution in [3.05, 3.63) is 28.8 Å². The minimum atomic E-state index is 0.478. The molecule has 1 N–H and O–H groups in total. The minimum absolute atomic E-state index is 0.478. The van der Waals surface area contributed by atoms with Crippen molar-refractivity contribution < 1.29 is 4.74 Å². The van der Waals surface area contributed by atoms with Crippen molar-refractivity contribution in [2.75, 3.05) is 20.2 Å². The van der Waals surface area contributed by atoms with Gasteiger partial charge >= 0.3 is 0 Å². The van der Waals surface area contributed by atoms with Gasteiger partial charge in [0.05, 0.1) is 11.6 Å². The molecule has 1 aromatic rings. The molecule has 0 aliphatic carbocycles. The fourth-order valence-corrected chi connectivity index (χ4v) is 1.53. The molecular weight excluding hydrogens is 210 g/mol. The summed E-state index contributed by atoms with van der Waals surface area (Å²) >= 11 is 6.02. The van der Waals surface area contributed by atoms with E-state index in [0.29, 0.717) is 17.5 Å². The first-order valence-electron chi connectivity index (χ1n) is 5.17. The van der Waals surface area contributed by atoms with Crippen LogP contribution in [0.5, 0.6) is 5.75 Å². The van der Waals surface area contributed by atoms with E-state index in [1.54, 1.807) is 0 Å². The van der Waals surface area contributed by atoms with Gasteiger partial charge in [0.25, 0.3) is 0 Å². The Morgan fingerprint density at radius 2 is 2.20 bits per heavy atom. The Labute approximate surface area is 96.6 Å². The zero-order chi connectivity index (χ0) is 11.3. The van der Waals surface area contributed by atoms with Crippen molar-refractivity contribution >= 4 is 11.6 Å². The van der Waals surface area contributed by atoms with Crippen molar-refractivity contribution in [2.24, 2.45) is 5.92 Å². The van der Waals surface area contributed by atoms with Crippen LogP contribution in [0.15, 0.2) is 18.2 Å². The summed E-state index contributed by atoms with van der Waals surface area (Å²) < 4.78 is 5.66. The molecule has 3 heteroatoms. The monoisotopic (exact) mass is 227 g/mol. The topological polar surface area (TPSA) is 21.3 Å². The summed E-state index contributed by atoms with van der Waals surface area (Å²) in [4.78, 5) is 0. The summed E-state index contributed by atoms with van der Waals surface area (Å²) in [5.74, 6) is 1.26. The first-order chi connectivity index (χ1) is 7.13. The SMILES string of the molecule is CNCC(C)COc1cc(C)ccc1Cl. The quantitative estimate of drug-likeness (QED) is 0.835. The molecule has 0 saturated carbocycles. The molecule has 0 aromatic heterocycles. The average molecular weight is 228 g/mol. The molecule has 2 nitrogen and oxygen atoms in total. The normalized spacial score (nSPS) is 12.5. The Morgan fingerprint density at radius 3 is 2.87 bits per heavy atom. The number of halogens is 1. The van der Waals surface area contributed by atoms with Crippen molar-refractivity contribution in [3.63, 3.8) is 0 Å². The van der Waals surface area contributed by atoms with Crippen LogP contribution in [0.1, 0.15) is 12.5 Å². The number of rotatable bonds is 5. The lowest BCUT2D eigenvalue weighted by atomic mass is 10.2. The lowest BCUT2D eigenvalue weighted by Crippen LogP contribution is -2.21. The van der Waals surface area contributed by atoms with E-state index in [9.17, 15) is 0 Å². The van der Waals surface area contributed by atoms with Crippen LogP contribution in [0.2, 0.25) is 5.02 Å². The van der Waals surface area contributed by atoms with E-state index in [1.165, 1.54) is 0 Å². The van der Waals surface area contributed by atoms with Crippen LogP contribution in [0.3, 0.4) is 0 Å². The highest BCUT2D eigenvalue weighted by Gasteiger charge is 2.05. The number of nitrogens with one attached hydrogen (secondary N) is 1. The summed E-state index contributed by atoms with van der Waals surface area (Å²) in [6.45, 7) is 5.80. The van der Waals surface area contributed by atoms with Gasteiger partial charge in [-0.1, -0.05) is 24.6 Å². The summed E-state index contributed by atoms with van der Waals surface area (Å²) in [6.07, 6.45) is 0. The Bertz CT molecular complexity index is 314. The number of aryl methyl sites for hydroxylation is 1. The van der Waals surface area contributed by atoms with E-state index in [1.807, 2.05) is 32.2 Å². The molecule has 1 rings (SSSR count). The molecule has 1 aromatic carbocycles. The molecule has 1 unspecified atom stereocenters. The van der Waals surface area contributed by atoms with E-state index in [2.05, 4.69) is 12.2 Å². The van der Waals surface area contributed by atoms with Crippen LogP contribution in [-0.2, 0) is 0 Å². The van der Waals surface area contributed by atoms with E-state index in [0.717, 1.165) is 17.9 Å². The van der Waals surface area contributed by atoms with Crippen LogP contribution < -0.4 is 10.1 Å². The lowest BCUT2D eigenvalue weighted by molar-refractivity contribution is 0.258. The second kappa shape index (κ2) is 5.99. The van der Waals surface area contributed by atoms with Gasteiger partial charge in [0.2, 0.25) is 0 Å². The predicted molar refractivity (Wildman–Crippen MR) is 64.8 cm³/mol. The highest BCUT2D eigenvalue weighted by atomic mass is 35.5. The molecule has 84 valence electrons. The molecule has 0 saturated heterocycles. The molecule has 0 aliphatic heterocycles. The van der Waals surface area contributed by atoms with Crippen LogP contribution in [0.4, 0.5) is 0 Å². The molecule has 0 heterocycles. The molecule has 0 spiro atoms. The van der Waals surface area contributed by atoms with Crippen molar-refractivity contribution in [1.29, 1.82) is 0 Å². The molecule has 0 fully saturated rings. The molecular formula is C12H18ClNO.